The van der Waals surface area contributed by atoms with Crippen molar-refractivity contribution in [3.63, 3.8) is 0 Å². The molecule has 1 aromatic heterocycles. The summed E-state index contributed by atoms with van der Waals surface area (Å²) in [4.78, 5) is 18.8. The summed E-state index contributed by atoms with van der Waals surface area (Å²) in [5.41, 5.74) is 0.625. The Balaban J connectivity index is 1.71. The molecule has 1 aromatic rings. The fourth-order valence-corrected chi connectivity index (χ4v) is 4.00. The van der Waals surface area contributed by atoms with E-state index in [-0.39, 0.29) is 18.1 Å². The number of aliphatic hydroxyl groups excluding tert-OH is 1. The van der Waals surface area contributed by atoms with Crippen LogP contribution in [0.2, 0.25) is 0 Å². The Hall–Kier alpha value is -1.62. The Morgan fingerprint density at radius 2 is 2.00 bits per heavy atom. The predicted molar refractivity (Wildman–Crippen MR) is 81.1 cm³/mol. The first-order valence-corrected chi connectivity index (χ1v) is 7.68. The molecular weight excluding hydrogens is 266 g/mol. The molecule has 2 N–H and O–H groups in total. The molecule has 5 heteroatoms. The van der Waals surface area contributed by atoms with Gasteiger partial charge >= 0.3 is 0 Å². The van der Waals surface area contributed by atoms with Crippen LogP contribution in [0.15, 0.2) is 18.3 Å². The molecule has 2 aliphatic carbocycles. The Labute approximate surface area is 125 Å². The zero-order valence-corrected chi connectivity index (χ0v) is 12.6. The summed E-state index contributed by atoms with van der Waals surface area (Å²) in [7, 11) is 3.66. The van der Waals surface area contributed by atoms with E-state index < -0.39 is 0 Å². The summed E-state index contributed by atoms with van der Waals surface area (Å²) in [5.74, 6) is 1.82. The summed E-state index contributed by atoms with van der Waals surface area (Å²) in [6, 6.07) is 3.89. The Kier molecular flexibility index (Phi) is 3.85. The van der Waals surface area contributed by atoms with Crippen LogP contribution in [-0.2, 0) is 0 Å². The van der Waals surface area contributed by atoms with Crippen molar-refractivity contribution >= 4 is 11.7 Å². The Bertz CT molecular complexity index is 520. The van der Waals surface area contributed by atoms with Crippen molar-refractivity contribution in [3.8, 4) is 0 Å². The monoisotopic (exact) mass is 289 g/mol. The standard InChI is InChI=1S/C16H23N3O2/c1-17-15-14(4-3-5-18-15)16(21)19(2)12-6-10-8-13(20)9-11(10)7-12/h3-5,10-13,20H,6-9H2,1-2H3,(H,17,18)/t10-,11+,12?,13?. The molecule has 21 heavy (non-hydrogen) atoms. The average Bonchev–Trinajstić information content (AvgIpc) is 3.02. The van der Waals surface area contributed by atoms with Crippen molar-refractivity contribution in [3.05, 3.63) is 23.9 Å². The van der Waals surface area contributed by atoms with Gasteiger partial charge in [0, 0.05) is 26.3 Å². The minimum Gasteiger partial charge on any atom is -0.393 e. The third-order valence-electron chi connectivity index (χ3n) is 5.11. The van der Waals surface area contributed by atoms with Crippen molar-refractivity contribution in [1.29, 1.82) is 0 Å². The maximum absolute atomic E-state index is 12.7. The number of aromatic nitrogens is 1. The SMILES string of the molecule is CNc1ncccc1C(=O)N(C)C1C[C@H]2CC(O)C[C@H]2C1. The number of amides is 1. The van der Waals surface area contributed by atoms with Crippen LogP contribution in [0.5, 0.6) is 0 Å². The number of fused-ring (bicyclic) bond motifs is 1. The summed E-state index contributed by atoms with van der Waals surface area (Å²) in [6.45, 7) is 0. The summed E-state index contributed by atoms with van der Waals surface area (Å²) in [6.07, 6.45) is 5.38. The van der Waals surface area contributed by atoms with Gasteiger partial charge in [0.05, 0.1) is 11.7 Å². The van der Waals surface area contributed by atoms with E-state index in [0.717, 1.165) is 25.7 Å². The lowest BCUT2D eigenvalue weighted by molar-refractivity contribution is 0.0723. The molecule has 4 atom stereocenters. The number of nitrogens with zero attached hydrogens (tertiary/aromatic N) is 2. The van der Waals surface area contributed by atoms with Crippen molar-refractivity contribution < 1.29 is 9.90 Å². The average molecular weight is 289 g/mol. The van der Waals surface area contributed by atoms with Crippen LogP contribution < -0.4 is 5.32 Å². The summed E-state index contributed by atoms with van der Waals surface area (Å²) in [5, 5.41) is 12.7. The molecule has 0 aliphatic heterocycles. The molecule has 114 valence electrons. The first-order valence-electron chi connectivity index (χ1n) is 7.68. The van der Waals surface area contributed by atoms with Gasteiger partial charge in [0.1, 0.15) is 5.82 Å². The van der Waals surface area contributed by atoms with Gasteiger partial charge in [0.15, 0.2) is 0 Å². The molecule has 0 aromatic carbocycles. The summed E-state index contributed by atoms with van der Waals surface area (Å²) < 4.78 is 0. The molecule has 1 heterocycles. The van der Waals surface area contributed by atoms with Gasteiger partial charge in [-0.3, -0.25) is 4.79 Å². The highest BCUT2D eigenvalue weighted by molar-refractivity contribution is 5.98. The number of hydrogen-bond acceptors (Lipinski definition) is 4. The van der Waals surface area contributed by atoms with Gasteiger partial charge in [-0.25, -0.2) is 4.98 Å². The largest absolute Gasteiger partial charge is 0.393 e. The van der Waals surface area contributed by atoms with Crippen LogP contribution in [0.3, 0.4) is 0 Å². The number of rotatable bonds is 3. The number of carbonyl (C=O) groups excluding carboxylic acids is 1. The third-order valence-corrected chi connectivity index (χ3v) is 5.11. The van der Waals surface area contributed by atoms with Crippen LogP contribution in [0.1, 0.15) is 36.0 Å². The minimum atomic E-state index is -0.129. The molecule has 3 rings (SSSR count). The Morgan fingerprint density at radius 1 is 1.33 bits per heavy atom. The van der Waals surface area contributed by atoms with E-state index in [9.17, 15) is 9.90 Å². The van der Waals surface area contributed by atoms with E-state index in [1.807, 2.05) is 18.0 Å². The molecule has 0 saturated heterocycles. The van der Waals surface area contributed by atoms with E-state index in [1.54, 1.807) is 19.3 Å². The van der Waals surface area contributed by atoms with E-state index in [4.69, 9.17) is 0 Å². The molecule has 2 aliphatic rings. The molecule has 0 radical (unpaired) electrons. The second-order valence-corrected chi connectivity index (χ2v) is 6.34. The maximum atomic E-state index is 12.7. The van der Waals surface area contributed by atoms with E-state index >= 15 is 0 Å². The minimum absolute atomic E-state index is 0.0259. The second-order valence-electron chi connectivity index (χ2n) is 6.34. The number of pyridine rings is 1. The van der Waals surface area contributed by atoms with Crippen LogP contribution in [-0.4, -0.2) is 47.1 Å². The third kappa shape index (κ3) is 2.62. The van der Waals surface area contributed by atoms with Crippen LogP contribution in [0, 0.1) is 11.8 Å². The number of hydrogen-bond donors (Lipinski definition) is 2. The lowest BCUT2D eigenvalue weighted by atomic mass is 10.0. The number of nitrogens with one attached hydrogen (secondary N) is 1. The zero-order chi connectivity index (χ0) is 15.0. The molecule has 5 nitrogen and oxygen atoms in total. The first-order chi connectivity index (χ1) is 10.1. The molecule has 2 unspecified atom stereocenters. The van der Waals surface area contributed by atoms with Crippen LogP contribution in [0.4, 0.5) is 5.82 Å². The van der Waals surface area contributed by atoms with Crippen molar-refractivity contribution in [1.82, 2.24) is 9.88 Å². The van der Waals surface area contributed by atoms with E-state index in [1.165, 1.54) is 0 Å². The highest BCUT2D eigenvalue weighted by atomic mass is 16.3. The maximum Gasteiger partial charge on any atom is 0.257 e. The van der Waals surface area contributed by atoms with Gasteiger partial charge in [-0.2, -0.15) is 0 Å². The fraction of sp³-hybridized carbons (Fsp3) is 0.625. The molecule has 2 fully saturated rings. The van der Waals surface area contributed by atoms with Crippen LogP contribution in [0.25, 0.3) is 0 Å². The quantitative estimate of drug-likeness (QED) is 0.889. The molecule has 0 bridgehead atoms. The first kappa shape index (κ1) is 14.3. The van der Waals surface area contributed by atoms with Crippen molar-refractivity contribution in [2.75, 3.05) is 19.4 Å². The van der Waals surface area contributed by atoms with Gasteiger partial charge in [-0.1, -0.05) is 0 Å². The van der Waals surface area contributed by atoms with Gasteiger partial charge in [0.25, 0.3) is 5.91 Å². The Morgan fingerprint density at radius 3 is 2.62 bits per heavy atom. The number of aliphatic hydroxyl groups is 1. The molecule has 2 saturated carbocycles. The summed E-state index contributed by atoms with van der Waals surface area (Å²) >= 11 is 0. The van der Waals surface area contributed by atoms with Crippen molar-refractivity contribution in [2.24, 2.45) is 11.8 Å². The van der Waals surface area contributed by atoms with Gasteiger partial charge < -0.3 is 15.3 Å². The normalized spacial score (nSPS) is 31.0. The smallest absolute Gasteiger partial charge is 0.257 e. The van der Waals surface area contributed by atoms with E-state index in [2.05, 4.69) is 10.3 Å². The fourth-order valence-electron chi connectivity index (χ4n) is 4.00. The topological polar surface area (TPSA) is 65.5 Å². The zero-order valence-electron chi connectivity index (χ0n) is 12.6. The van der Waals surface area contributed by atoms with Gasteiger partial charge in [-0.15, -0.1) is 0 Å². The molecule has 1 amide bonds. The number of anilines is 1. The lowest BCUT2D eigenvalue weighted by Crippen LogP contribution is -2.36. The van der Waals surface area contributed by atoms with Gasteiger partial charge in [0.2, 0.25) is 0 Å². The number of carbonyl (C=O) groups is 1. The predicted octanol–water partition coefficient (Wildman–Crippen LogP) is 1.74. The highest BCUT2D eigenvalue weighted by Gasteiger charge is 2.43. The van der Waals surface area contributed by atoms with E-state index in [0.29, 0.717) is 23.2 Å². The van der Waals surface area contributed by atoms with Crippen LogP contribution >= 0.6 is 0 Å². The second kappa shape index (κ2) is 5.64. The highest BCUT2D eigenvalue weighted by Crippen LogP contribution is 2.45. The van der Waals surface area contributed by atoms with Gasteiger partial charge in [-0.05, 0) is 49.7 Å². The molecule has 0 spiro atoms. The molecular formula is C16H23N3O2. The lowest BCUT2D eigenvalue weighted by Gasteiger charge is -2.26. The van der Waals surface area contributed by atoms with Crippen molar-refractivity contribution in [2.45, 2.75) is 37.8 Å².